The van der Waals surface area contributed by atoms with Gasteiger partial charge in [0, 0.05) is 26.7 Å². The normalized spacial score (nSPS) is 10.7. The van der Waals surface area contributed by atoms with Crippen molar-refractivity contribution in [3.63, 3.8) is 0 Å². The zero-order chi connectivity index (χ0) is 24.3. The number of halogens is 2. The van der Waals surface area contributed by atoms with Crippen LogP contribution in [0.4, 0.5) is 0 Å². The van der Waals surface area contributed by atoms with Crippen LogP contribution in [-0.2, 0) is 6.61 Å². The molecule has 1 amide bonds. The van der Waals surface area contributed by atoms with Gasteiger partial charge in [-0.25, -0.2) is 5.43 Å². The molecule has 0 aromatic heterocycles. The summed E-state index contributed by atoms with van der Waals surface area (Å²) in [5, 5.41) is 5.19. The summed E-state index contributed by atoms with van der Waals surface area (Å²) >= 11 is 12.3. The van der Waals surface area contributed by atoms with Crippen molar-refractivity contribution in [2.45, 2.75) is 13.5 Å². The van der Waals surface area contributed by atoms with Gasteiger partial charge in [-0.3, -0.25) is 4.79 Å². The summed E-state index contributed by atoms with van der Waals surface area (Å²) < 4.78 is 17.0. The third-order valence-corrected chi connectivity index (χ3v) is 5.15. The van der Waals surface area contributed by atoms with Crippen LogP contribution in [0.25, 0.3) is 0 Å². The largest absolute Gasteiger partial charge is 0.490 e. The van der Waals surface area contributed by atoms with Gasteiger partial charge in [0.2, 0.25) is 0 Å². The highest BCUT2D eigenvalue weighted by atomic mass is 35.5. The average molecular weight is 499 g/mol. The van der Waals surface area contributed by atoms with E-state index in [-0.39, 0.29) is 6.61 Å². The van der Waals surface area contributed by atoms with Gasteiger partial charge in [-0.2, -0.15) is 5.10 Å². The molecular weight excluding hydrogens is 475 g/mol. The van der Waals surface area contributed by atoms with Crippen LogP contribution in [0, 0.1) is 0 Å². The summed E-state index contributed by atoms with van der Waals surface area (Å²) in [5.41, 5.74) is 4.32. The Balaban J connectivity index is 1.70. The van der Waals surface area contributed by atoms with Crippen LogP contribution >= 0.6 is 23.2 Å². The standard InChI is InChI=1S/C26H24Cl2N2O4/c1-3-13-33-24-11-9-18(15-25(24)32-4-2)26(31)30-29-16-20-14-21(27)10-12-23(20)34-17-19-7-5-6-8-22(19)28/h3,5-12,14-16H,1,4,13,17H2,2H3,(H,30,31)/b29-16+. The van der Waals surface area contributed by atoms with Crippen molar-refractivity contribution in [2.24, 2.45) is 5.10 Å². The van der Waals surface area contributed by atoms with Crippen molar-refractivity contribution in [2.75, 3.05) is 13.2 Å². The summed E-state index contributed by atoms with van der Waals surface area (Å²) in [4.78, 5) is 12.6. The lowest BCUT2D eigenvalue weighted by Crippen LogP contribution is -2.18. The van der Waals surface area contributed by atoms with E-state index in [0.29, 0.717) is 51.6 Å². The van der Waals surface area contributed by atoms with Crippen LogP contribution in [-0.4, -0.2) is 25.3 Å². The van der Waals surface area contributed by atoms with Crippen molar-refractivity contribution in [1.29, 1.82) is 0 Å². The minimum absolute atomic E-state index is 0.273. The number of hydrazone groups is 1. The Morgan fingerprint density at radius 3 is 2.56 bits per heavy atom. The first-order valence-corrected chi connectivity index (χ1v) is 11.3. The van der Waals surface area contributed by atoms with Crippen molar-refractivity contribution in [3.8, 4) is 17.2 Å². The molecular formula is C26H24Cl2N2O4. The van der Waals surface area contributed by atoms with E-state index < -0.39 is 5.91 Å². The Labute approximate surface area is 208 Å². The van der Waals surface area contributed by atoms with Gasteiger partial charge in [-0.1, -0.05) is 54.1 Å². The molecule has 0 aliphatic carbocycles. The van der Waals surface area contributed by atoms with E-state index in [1.807, 2.05) is 25.1 Å². The number of carbonyl (C=O) groups excluding carboxylic acids is 1. The maximum Gasteiger partial charge on any atom is 0.271 e. The lowest BCUT2D eigenvalue weighted by molar-refractivity contribution is 0.0954. The van der Waals surface area contributed by atoms with E-state index in [2.05, 4.69) is 17.1 Å². The first kappa shape index (κ1) is 25.1. The summed E-state index contributed by atoms with van der Waals surface area (Å²) in [6.45, 7) is 6.51. The monoisotopic (exact) mass is 498 g/mol. The molecule has 34 heavy (non-hydrogen) atoms. The molecule has 0 bridgehead atoms. The Morgan fingerprint density at radius 1 is 1.00 bits per heavy atom. The number of hydrogen-bond acceptors (Lipinski definition) is 5. The summed E-state index contributed by atoms with van der Waals surface area (Å²) in [7, 11) is 0. The van der Waals surface area contributed by atoms with E-state index in [1.165, 1.54) is 6.21 Å². The van der Waals surface area contributed by atoms with Gasteiger partial charge in [0.1, 0.15) is 19.0 Å². The SMILES string of the molecule is C=CCOc1ccc(C(=O)N/N=C/c2cc(Cl)ccc2OCc2ccccc2Cl)cc1OCC. The zero-order valence-corrected chi connectivity index (χ0v) is 20.1. The highest BCUT2D eigenvalue weighted by Crippen LogP contribution is 2.29. The van der Waals surface area contributed by atoms with Crippen LogP contribution in [0.1, 0.15) is 28.4 Å². The average Bonchev–Trinajstić information content (AvgIpc) is 2.83. The van der Waals surface area contributed by atoms with Crippen molar-refractivity contribution in [3.05, 3.63) is 100 Å². The van der Waals surface area contributed by atoms with Gasteiger partial charge >= 0.3 is 0 Å². The second-order valence-electron chi connectivity index (χ2n) is 6.96. The maximum atomic E-state index is 12.6. The van der Waals surface area contributed by atoms with E-state index in [9.17, 15) is 4.79 Å². The highest BCUT2D eigenvalue weighted by molar-refractivity contribution is 6.31. The summed E-state index contributed by atoms with van der Waals surface area (Å²) in [6, 6.07) is 17.5. The quantitative estimate of drug-likeness (QED) is 0.191. The van der Waals surface area contributed by atoms with Crippen LogP contribution < -0.4 is 19.6 Å². The maximum absolute atomic E-state index is 12.6. The molecule has 8 heteroatoms. The number of hydrogen-bond donors (Lipinski definition) is 1. The molecule has 176 valence electrons. The predicted octanol–water partition coefficient (Wildman–Crippen LogP) is 6.30. The number of ether oxygens (including phenoxy) is 3. The molecule has 0 saturated carbocycles. The number of benzene rings is 3. The molecule has 0 aliphatic rings. The first-order chi connectivity index (χ1) is 16.5. The topological polar surface area (TPSA) is 69.2 Å². The van der Waals surface area contributed by atoms with Gasteiger partial charge in [-0.15, -0.1) is 0 Å². The minimum atomic E-state index is -0.409. The predicted molar refractivity (Wildman–Crippen MR) is 136 cm³/mol. The van der Waals surface area contributed by atoms with Crippen LogP contribution in [0.3, 0.4) is 0 Å². The van der Waals surface area contributed by atoms with Crippen LogP contribution in [0.2, 0.25) is 10.0 Å². The number of nitrogens with zero attached hydrogens (tertiary/aromatic N) is 1. The minimum Gasteiger partial charge on any atom is -0.490 e. The molecule has 0 unspecified atom stereocenters. The lowest BCUT2D eigenvalue weighted by atomic mass is 10.2. The van der Waals surface area contributed by atoms with E-state index in [0.717, 1.165) is 5.56 Å². The van der Waals surface area contributed by atoms with Gasteiger partial charge in [0.15, 0.2) is 11.5 Å². The van der Waals surface area contributed by atoms with E-state index in [4.69, 9.17) is 37.4 Å². The fourth-order valence-corrected chi connectivity index (χ4v) is 3.30. The van der Waals surface area contributed by atoms with Gasteiger partial charge in [-0.05, 0) is 49.4 Å². The molecule has 0 saturated heterocycles. The van der Waals surface area contributed by atoms with Gasteiger partial charge in [0.25, 0.3) is 5.91 Å². The molecule has 6 nitrogen and oxygen atoms in total. The number of amides is 1. The van der Waals surface area contributed by atoms with Crippen molar-refractivity contribution in [1.82, 2.24) is 5.43 Å². The second-order valence-corrected chi connectivity index (χ2v) is 7.80. The molecule has 0 atom stereocenters. The van der Waals surface area contributed by atoms with Crippen molar-refractivity contribution >= 4 is 35.3 Å². The second kappa shape index (κ2) is 12.7. The molecule has 0 fully saturated rings. The molecule has 3 aromatic rings. The van der Waals surface area contributed by atoms with Gasteiger partial charge in [0.05, 0.1) is 12.8 Å². The van der Waals surface area contributed by atoms with Crippen LogP contribution in [0.5, 0.6) is 17.2 Å². The third kappa shape index (κ3) is 7.01. The molecule has 0 radical (unpaired) electrons. The molecule has 0 heterocycles. The van der Waals surface area contributed by atoms with Crippen LogP contribution in [0.15, 0.2) is 78.4 Å². The Kier molecular flexibility index (Phi) is 9.38. The molecule has 0 aliphatic heterocycles. The lowest BCUT2D eigenvalue weighted by Gasteiger charge is -2.12. The number of rotatable bonds is 11. The highest BCUT2D eigenvalue weighted by Gasteiger charge is 2.12. The Morgan fingerprint density at radius 2 is 1.79 bits per heavy atom. The number of carbonyl (C=O) groups is 1. The number of nitrogens with one attached hydrogen (secondary N) is 1. The Bertz CT molecular complexity index is 1180. The fourth-order valence-electron chi connectivity index (χ4n) is 2.93. The summed E-state index contributed by atoms with van der Waals surface area (Å²) in [6.07, 6.45) is 3.10. The molecule has 0 spiro atoms. The summed E-state index contributed by atoms with van der Waals surface area (Å²) in [5.74, 6) is 1.13. The molecule has 3 rings (SSSR count). The zero-order valence-electron chi connectivity index (χ0n) is 18.6. The van der Waals surface area contributed by atoms with Gasteiger partial charge < -0.3 is 14.2 Å². The Hall–Kier alpha value is -3.48. The third-order valence-electron chi connectivity index (χ3n) is 4.55. The molecule has 1 N–H and O–H groups in total. The molecule has 3 aromatic carbocycles. The van der Waals surface area contributed by atoms with E-state index in [1.54, 1.807) is 48.5 Å². The fraction of sp³-hybridized carbons (Fsp3) is 0.154. The van der Waals surface area contributed by atoms with Crippen molar-refractivity contribution < 1.29 is 19.0 Å². The smallest absolute Gasteiger partial charge is 0.271 e. The van der Waals surface area contributed by atoms with E-state index >= 15 is 0 Å². The first-order valence-electron chi connectivity index (χ1n) is 10.5.